The van der Waals surface area contributed by atoms with E-state index < -0.39 is 22.9 Å². The highest BCUT2D eigenvalue weighted by Crippen LogP contribution is 2.29. The SMILES string of the molecule is COc1ccc([N+](=O)[O-])cc1NC(=O)[C@H](C)OC(=O)COc1c(C)cccc1C. The number of aryl methyl sites for hydroxylation is 2. The van der Waals surface area contributed by atoms with Gasteiger partial charge in [0, 0.05) is 12.1 Å². The second-order valence-corrected chi connectivity index (χ2v) is 6.27. The number of hydrogen-bond acceptors (Lipinski definition) is 7. The van der Waals surface area contributed by atoms with Gasteiger partial charge in [-0.15, -0.1) is 0 Å². The molecule has 2 rings (SSSR count). The number of carbonyl (C=O) groups excluding carboxylic acids is 2. The molecule has 2 aromatic carbocycles. The Labute approximate surface area is 167 Å². The highest BCUT2D eigenvalue weighted by molar-refractivity contribution is 5.96. The van der Waals surface area contributed by atoms with Gasteiger partial charge in [0.2, 0.25) is 0 Å². The summed E-state index contributed by atoms with van der Waals surface area (Å²) in [7, 11) is 1.37. The Hall–Kier alpha value is -3.62. The first-order valence-corrected chi connectivity index (χ1v) is 8.74. The van der Waals surface area contributed by atoms with Crippen LogP contribution in [0.4, 0.5) is 11.4 Å². The minimum atomic E-state index is -1.15. The summed E-state index contributed by atoms with van der Waals surface area (Å²) in [6, 6.07) is 9.37. The maximum absolute atomic E-state index is 12.3. The van der Waals surface area contributed by atoms with E-state index in [0.29, 0.717) is 5.75 Å². The number of methoxy groups -OCH3 is 1. The number of benzene rings is 2. The van der Waals surface area contributed by atoms with Crippen LogP contribution in [0.2, 0.25) is 0 Å². The fourth-order valence-electron chi connectivity index (χ4n) is 2.58. The minimum absolute atomic E-state index is 0.0985. The molecule has 154 valence electrons. The highest BCUT2D eigenvalue weighted by Gasteiger charge is 2.21. The molecular formula is C20H22N2O7. The first-order chi connectivity index (χ1) is 13.7. The van der Waals surface area contributed by atoms with Crippen LogP contribution in [0.3, 0.4) is 0 Å². The molecule has 0 spiro atoms. The van der Waals surface area contributed by atoms with Crippen molar-refractivity contribution in [2.45, 2.75) is 26.9 Å². The Morgan fingerprint density at radius 2 is 1.83 bits per heavy atom. The monoisotopic (exact) mass is 402 g/mol. The Kier molecular flexibility index (Phi) is 7.13. The third-order valence-electron chi connectivity index (χ3n) is 4.07. The topological polar surface area (TPSA) is 117 Å². The normalized spacial score (nSPS) is 11.3. The fraction of sp³-hybridized carbons (Fsp3) is 0.300. The van der Waals surface area contributed by atoms with Crippen LogP contribution in [0, 0.1) is 24.0 Å². The predicted molar refractivity (Wildman–Crippen MR) is 105 cm³/mol. The number of ether oxygens (including phenoxy) is 3. The lowest BCUT2D eigenvalue weighted by Gasteiger charge is -2.16. The van der Waals surface area contributed by atoms with Crippen molar-refractivity contribution in [1.82, 2.24) is 0 Å². The molecule has 0 radical (unpaired) electrons. The number of rotatable bonds is 8. The van der Waals surface area contributed by atoms with Gasteiger partial charge in [-0.25, -0.2) is 4.79 Å². The number of non-ortho nitro benzene ring substituents is 1. The third kappa shape index (κ3) is 5.68. The van der Waals surface area contributed by atoms with Crippen molar-refractivity contribution in [3.05, 3.63) is 57.6 Å². The van der Waals surface area contributed by atoms with Crippen molar-refractivity contribution >= 4 is 23.3 Å². The van der Waals surface area contributed by atoms with Crippen LogP contribution in [0.25, 0.3) is 0 Å². The molecule has 9 nitrogen and oxygen atoms in total. The molecule has 0 saturated heterocycles. The van der Waals surface area contributed by atoms with Gasteiger partial charge in [0.25, 0.3) is 11.6 Å². The number of nitro groups is 1. The minimum Gasteiger partial charge on any atom is -0.495 e. The molecule has 1 atom stereocenters. The quantitative estimate of drug-likeness (QED) is 0.409. The third-order valence-corrected chi connectivity index (χ3v) is 4.07. The summed E-state index contributed by atoms with van der Waals surface area (Å²) in [6.45, 7) is 4.74. The van der Waals surface area contributed by atoms with Crippen molar-refractivity contribution < 1.29 is 28.7 Å². The summed E-state index contributed by atoms with van der Waals surface area (Å²) in [5.41, 5.74) is 1.64. The molecule has 29 heavy (non-hydrogen) atoms. The first-order valence-electron chi connectivity index (χ1n) is 8.74. The molecule has 1 N–H and O–H groups in total. The van der Waals surface area contributed by atoms with E-state index in [1.807, 2.05) is 32.0 Å². The Balaban J connectivity index is 1.97. The van der Waals surface area contributed by atoms with E-state index in [1.165, 1.54) is 26.2 Å². The Bertz CT molecular complexity index is 907. The molecule has 0 aliphatic carbocycles. The lowest BCUT2D eigenvalue weighted by Crippen LogP contribution is -2.31. The van der Waals surface area contributed by atoms with Crippen molar-refractivity contribution in [1.29, 1.82) is 0 Å². The molecule has 0 heterocycles. The predicted octanol–water partition coefficient (Wildman–Crippen LogP) is 3.17. The molecule has 0 fully saturated rings. The van der Waals surface area contributed by atoms with E-state index in [4.69, 9.17) is 14.2 Å². The molecule has 1 amide bonds. The number of anilines is 1. The number of hydrogen-bond donors (Lipinski definition) is 1. The van der Waals surface area contributed by atoms with Crippen molar-refractivity contribution in [2.24, 2.45) is 0 Å². The van der Waals surface area contributed by atoms with Crippen LogP contribution in [0.15, 0.2) is 36.4 Å². The largest absolute Gasteiger partial charge is 0.495 e. The maximum atomic E-state index is 12.3. The molecule has 0 bridgehead atoms. The van der Waals surface area contributed by atoms with E-state index in [2.05, 4.69) is 5.32 Å². The van der Waals surface area contributed by atoms with Gasteiger partial charge in [-0.1, -0.05) is 18.2 Å². The molecule has 0 aromatic heterocycles. The van der Waals surface area contributed by atoms with Crippen molar-refractivity contribution in [3.63, 3.8) is 0 Å². The van der Waals surface area contributed by atoms with E-state index in [9.17, 15) is 19.7 Å². The zero-order valence-electron chi connectivity index (χ0n) is 16.6. The van der Waals surface area contributed by atoms with Crippen LogP contribution >= 0.6 is 0 Å². The summed E-state index contributed by atoms with van der Waals surface area (Å²) in [6.07, 6.45) is -1.15. The number of amides is 1. The average Bonchev–Trinajstić information content (AvgIpc) is 2.67. The van der Waals surface area contributed by atoms with E-state index in [-0.39, 0.29) is 23.7 Å². The number of nitrogens with zero attached hydrogens (tertiary/aromatic N) is 1. The van der Waals surface area contributed by atoms with Crippen molar-refractivity contribution in [2.75, 3.05) is 19.0 Å². The number of nitrogens with one attached hydrogen (secondary N) is 1. The van der Waals surface area contributed by atoms with Gasteiger partial charge < -0.3 is 19.5 Å². The van der Waals surface area contributed by atoms with Gasteiger partial charge in [0.05, 0.1) is 17.7 Å². The van der Waals surface area contributed by atoms with Crippen LogP contribution in [0.1, 0.15) is 18.1 Å². The van der Waals surface area contributed by atoms with Gasteiger partial charge in [0.1, 0.15) is 11.5 Å². The molecule has 2 aromatic rings. The number of carbonyl (C=O) groups is 2. The zero-order valence-corrected chi connectivity index (χ0v) is 16.6. The van der Waals surface area contributed by atoms with Gasteiger partial charge in [-0.05, 0) is 38.0 Å². The lowest BCUT2D eigenvalue weighted by molar-refractivity contribution is -0.384. The Morgan fingerprint density at radius 1 is 1.17 bits per heavy atom. The molecular weight excluding hydrogens is 380 g/mol. The smallest absolute Gasteiger partial charge is 0.344 e. The van der Waals surface area contributed by atoms with Gasteiger partial charge in [-0.3, -0.25) is 14.9 Å². The maximum Gasteiger partial charge on any atom is 0.344 e. The van der Waals surface area contributed by atoms with Gasteiger partial charge >= 0.3 is 5.97 Å². The number of esters is 1. The molecule has 9 heteroatoms. The molecule has 0 aliphatic heterocycles. The summed E-state index contributed by atoms with van der Waals surface area (Å²) in [5.74, 6) is -0.561. The fourth-order valence-corrected chi connectivity index (χ4v) is 2.58. The van der Waals surface area contributed by atoms with Gasteiger partial charge in [-0.2, -0.15) is 0 Å². The molecule has 0 saturated carbocycles. The molecule has 0 aliphatic rings. The second-order valence-electron chi connectivity index (χ2n) is 6.27. The van der Waals surface area contributed by atoms with Crippen LogP contribution in [0.5, 0.6) is 11.5 Å². The summed E-state index contributed by atoms with van der Waals surface area (Å²) in [4.78, 5) is 34.7. The highest BCUT2D eigenvalue weighted by atomic mass is 16.6. The zero-order chi connectivity index (χ0) is 21.6. The Morgan fingerprint density at radius 3 is 2.41 bits per heavy atom. The number of nitro benzene ring substituents is 1. The summed E-state index contributed by atoms with van der Waals surface area (Å²) in [5, 5.41) is 13.4. The second kappa shape index (κ2) is 9.54. The van der Waals surface area contributed by atoms with Crippen LogP contribution in [-0.2, 0) is 14.3 Å². The van der Waals surface area contributed by atoms with Gasteiger partial charge in [0.15, 0.2) is 12.7 Å². The first kappa shape index (κ1) is 21.7. The number of para-hydroxylation sites is 1. The average molecular weight is 402 g/mol. The summed E-state index contributed by atoms with van der Waals surface area (Å²) >= 11 is 0. The molecule has 0 unspecified atom stereocenters. The standard InChI is InChI=1S/C20H22N2O7/c1-12-6-5-7-13(2)19(12)28-11-18(23)29-14(3)20(24)21-16-10-15(22(25)26)8-9-17(16)27-4/h5-10,14H,11H2,1-4H3,(H,21,24)/t14-/m0/s1. The van der Waals surface area contributed by atoms with Crippen LogP contribution in [-0.4, -0.2) is 36.6 Å². The summed E-state index contributed by atoms with van der Waals surface area (Å²) < 4.78 is 15.7. The van der Waals surface area contributed by atoms with Crippen molar-refractivity contribution in [3.8, 4) is 11.5 Å². The van der Waals surface area contributed by atoms with E-state index >= 15 is 0 Å². The van der Waals surface area contributed by atoms with Crippen LogP contribution < -0.4 is 14.8 Å². The lowest BCUT2D eigenvalue weighted by atomic mass is 10.1. The van der Waals surface area contributed by atoms with E-state index in [1.54, 1.807) is 0 Å². The van der Waals surface area contributed by atoms with E-state index in [0.717, 1.165) is 17.2 Å².